The van der Waals surface area contributed by atoms with Crippen molar-refractivity contribution in [2.75, 3.05) is 25.0 Å². The van der Waals surface area contributed by atoms with Crippen molar-refractivity contribution in [1.82, 2.24) is 19.9 Å². The zero-order valence-electron chi connectivity index (χ0n) is 14.6. The van der Waals surface area contributed by atoms with Gasteiger partial charge >= 0.3 is 0 Å². The highest BCUT2D eigenvalue weighted by Crippen LogP contribution is 2.34. The topological polar surface area (TPSA) is 80.2 Å². The molecule has 136 valence electrons. The van der Waals surface area contributed by atoms with E-state index in [0.717, 1.165) is 38.2 Å². The number of piperidine rings is 1. The minimum atomic E-state index is -0.0673. The van der Waals surface area contributed by atoms with Crippen LogP contribution >= 0.6 is 0 Å². The summed E-state index contributed by atoms with van der Waals surface area (Å²) in [4.78, 5) is 27.8. The first-order valence-corrected chi connectivity index (χ1v) is 9.10. The van der Waals surface area contributed by atoms with E-state index >= 15 is 0 Å². The van der Waals surface area contributed by atoms with Crippen molar-refractivity contribution in [2.45, 2.75) is 25.5 Å². The molecule has 3 atom stereocenters. The standard InChI is InChI=1S/C19H23N5O2/c25-19(23-18-11-20-7-8-22-18)15-5-10-26-17-4-9-24(13-16(15)17)12-14-3-1-2-6-21-14/h1-3,6-8,11,15-17H,4-5,9-10,12-13H2,(H,22,23,25)/t15-,16+,17-/m0/s1. The third kappa shape index (κ3) is 3.89. The number of rotatable bonds is 4. The SMILES string of the molecule is O=C(Nc1cnccn1)[C@H]1CCO[C@H]2CCN(Cc3ccccn3)C[C@@H]21. The molecule has 1 N–H and O–H groups in total. The number of nitrogens with one attached hydrogen (secondary N) is 1. The summed E-state index contributed by atoms with van der Waals surface area (Å²) in [5.41, 5.74) is 1.06. The smallest absolute Gasteiger partial charge is 0.229 e. The molecule has 0 bridgehead atoms. The van der Waals surface area contributed by atoms with Crippen molar-refractivity contribution in [3.05, 3.63) is 48.7 Å². The first-order valence-electron chi connectivity index (χ1n) is 9.10. The van der Waals surface area contributed by atoms with E-state index in [0.29, 0.717) is 12.4 Å². The van der Waals surface area contributed by atoms with Crippen LogP contribution in [0.4, 0.5) is 5.82 Å². The van der Waals surface area contributed by atoms with Crippen LogP contribution in [0.3, 0.4) is 0 Å². The number of aromatic nitrogens is 3. The zero-order valence-corrected chi connectivity index (χ0v) is 14.6. The number of likely N-dealkylation sites (tertiary alicyclic amines) is 1. The molecule has 0 aliphatic carbocycles. The van der Waals surface area contributed by atoms with Crippen molar-refractivity contribution in [3.63, 3.8) is 0 Å². The highest BCUT2D eigenvalue weighted by Gasteiger charge is 2.41. The number of pyridine rings is 1. The maximum Gasteiger partial charge on any atom is 0.229 e. The fourth-order valence-corrected chi connectivity index (χ4v) is 3.96. The first-order chi connectivity index (χ1) is 12.8. The summed E-state index contributed by atoms with van der Waals surface area (Å²) in [5, 5.41) is 2.91. The molecule has 0 unspecified atom stereocenters. The van der Waals surface area contributed by atoms with Gasteiger partial charge in [0, 0.05) is 56.7 Å². The summed E-state index contributed by atoms with van der Waals surface area (Å²) < 4.78 is 5.96. The number of hydrogen-bond acceptors (Lipinski definition) is 6. The van der Waals surface area contributed by atoms with Crippen LogP contribution in [0.2, 0.25) is 0 Å². The van der Waals surface area contributed by atoms with Gasteiger partial charge in [-0.05, 0) is 25.0 Å². The monoisotopic (exact) mass is 353 g/mol. The second kappa shape index (κ2) is 7.88. The number of amides is 1. The molecule has 2 aromatic heterocycles. The van der Waals surface area contributed by atoms with Crippen LogP contribution in [0.25, 0.3) is 0 Å². The molecule has 2 saturated heterocycles. The fraction of sp³-hybridized carbons (Fsp3) is 0.474. The summed E-state index contributed by atoms with van der Waals surface area (Å²) in [6.45, 7) is 3.26. The van der Waals surface area contributed by atoms with E-state index in [1.807, 2.05) is 24.4 Å². The molecule has 0 spiro atoms. The average Bonchev–Trinajstić information content (AvgIpc) is 2.69. The molecule has 2 aromatic rings. The van der Waals surface area contributed by atoms with Crippen molar-refractivity contribution in [1.29, 1.82) is 0 Å². The van der Waals surface area contributed by atoms with Crippen molar-refractivity contribution in [3.8, 4) is 0 Å². The lowest BCUT2D eigenvalue weighted by Crippen LogP contribution is -2.52. The van der Waals surface area contributed by atoms with Gasteiger partial charge in [-0.1, -0.05) is 6.07 Å². The number of ether oxygens (including phenoxy) is 1. The molecule has 7 heteroatoms. The van der Waals surface area contributed by atoms with Crippen LogP contribution in [0, 0.1) is 11.8 Å². The molecule has 0 radical (unpaired) electrons. The van der Waals surface area contributed by atoms with Crippen LogP contribution in [0.15, 0.2) is 43.0 Å². The number of hydrogen-bond donors (Lipinski definition) is 1. The van der Waals surface area contributed by atoms with Crippen LogP contribution in [0.5, 0.6) is 0 Å². The Morgan fingerprint density at radius 3 is 3.00 bits per heavy atom. The van der Waals surface area contributed by atoms with Gasteiger partial charge in [-0.2, -0.15) is 0 Å². The highest BCUT2D eigenvalue weighted by molar-refractivity contribution is 5.91. The Kier molecular flexibility index (Phi) is 5.17. The summed E-state index contributed by atoms with van der Waals surface area (Å²) in [6, 6.07) is 5.98. The van der Waals surface area contributed by atoms with Gasteiger partial charge < -0.3 is 10.1 Å². The number of carbonyl (C=O) groups excluding carboxylic acids is 1. The lowest BCUT2D eigenvalue weighted by molar-refractivity contribution is -0.137. The molecule has 1 amide bonds. The van der Waals surface area contributed by atoms with Gasteiger partial charge in [0.05, 0.1) is 18.0 Å². The third-order valence-electron chi connectivity index (χ3n) is 5.22. The van der Waals surface area contributed by atoms with Crippen LogP contribution < -0.4 is 5.32 Å². The highest BCUT2D eigenvalue weighted by atomic mass is 16.5. The zero-order chi connectivity index (χ0) is 17.8. The van der Waals surface area contributed by atoms with Gasteiger partial charge in [0.25, 0.3) is 0 Å². The molecule has 2 aliphatic rings. The van der Waals surface area contributed by atoms with Crippen molar-refractivity contribution in [2.24, 2.45) is 11.8 Å². The molecule has 0 aromatic carbocycles. The van der Waals surface area contributed by atoms with E-state index in [1.54, 1.807) is 18.6 Å². The molecule has 26 heavy (non-hydrogen) atoms. The van der Waals surface area contributed by atoms with E-state index < -0.39 is 0 Å². The predicted octanol–water partition coefficient (Wildman–Crippen LogP) is 1.74. The molecular weight excluding hydrogens is 330 g/mol. The summed E-state index contributed by atoms with van der Waals surface area (Å²) in [6.07, 6.45) is 8.42. The summed E-state index contributed by atoms with van der Waals surface area (Å²) in [7, 11) is 0. The Morgan fingerprint density at radius 1 is 1.23 bits per heavy atom. The normalized spacial score (nSPS) is 26.1. The number of fused-ring (bicyclic) bond motifs is 1. The number of carbonyl (C=O) groups is 1. The van der Waals surface area contributed by atoms with E-state index in [1.165, 1.54) is 0 Å². The molecule has 7 nitrogen and oxygen atoms in total. The predicted molar refractivity (Wildman–Crippen MR) is 96.1 cm³/mol. The van der Waals surface area contributed by atoms with Gasteiger partial charge in [0.15, 0.2) is 5.82 Å². The van der Waals surface area contributed by atoms with E-state index in [9.17, 15) is 4.79 Å². The van der Waals surface area contributed by atoms with Crippen LogP contribution in [-0.2, 0) is 16.1 Å². The minimum absolute atomic E-state index is 0.0171. The van der Waals surface area contributed by atoms with E-state index in [-0.39, 0.29) is 23.8 Å². The second-order valence-electron chi connectivity index (χ2n) is 6.89. The molecule has 2 fully saturated rings. The minimum Gasteiger partial charge on any atom is -0.378 e. The number of nitrogens with zero attached hydrogens (tertiary/aromatic N) is 4. The Bertz CT molecular complexity index is 727. The van der Waals surface area contributed by atoms with Crippen molar-refractivity contribution >= 4 is 11.7 Å². The van der Waals surface area contributed by atoms with E-state index in [4.69, 9.17) is 4.74 Å². The van der Waals surface area contributed by atoms with Crippen LogP contribution in [0.1, 0.15) is 18.5 Å². The third-order valence-corrected chi connectivity index (χ3v) is 5.22. The number of anilines is 1. The van der Waals surface area contributed by atoms with E-state index in [2.05, 4.69) is 25.2 Å². The summed E-state index contributed by atoms with van der Waals surface area (Å²) >= 11 is 0. The Labute approximate surface area is 152 Å². The van der Waals surface area contributed by atoms with Crippen molar-refractivity contribution < 1.29 is 9.53 Å². The Morgan fingerprint density at radius 2 is 2.19 bits per heavy atom. The van der Waals surface area contributed by atoms with Gasteiger partial charge in [-0.3, -0.25) is 19.7 Å². The quantitative estimate of drug-likeness (QED) is 0.902. The van der Waals surface area contributed by atoms with Gasteiger partial charge in [-0.25, -0.2) is 4.98 Å². The summed E-state index contributed by atoms with van der Waals surface area (Å²) in [5.74, 6) is 0.644. The first kappa shape index (κ1) is 17.1. The lowest BCUT2D eigenvalue weighted by atomic mass is 9.79. The van der Waals surface area contributed by atoms with Crippen LogP contribution in [-0.4, -0.2) is 51.6 Å². The molecule has 2 aliphatic heterocycles. The molecule has 4 heterocycles. The maximum atomic E-state index is 12.8. The Hall–Kier alpha value is -2.38. The van der Waals surface area contributed by atoms with Gasteiger partial charge in [0.1, 0.15) is 0 Å². The fourth-order valence-electron chi connectivity index (χ4n) is 3.96. The Balaban J connectivity index is 1.43. The van der Waals surface area contributed by atoms with Gasteiger partial charge in [0.2, 0.25) is 5.91 Å². The molecule has 4 rings (SSSR count). The maximum absolute atomic E-state index is 12.8. The average molecular weight is 353 g/mol. The lowest BCUT2D eigenvalue weighted by Gasteiger charge is -2.44. The largest absolute Gasteiger partial charge is 0.378 e. The molecular formula is C19H23N5O2. The second-order valence-corrected chi connectivity index (χ2v) is 6.89. The molecule has 0 saturated carbocycles. The van der Waals surface area contributed by atoms with Gasteiger partial charge in [-0.15, -0.1) is 0 Å².